The fraction of sp³-hybridized carbons (Fsp3) is 0.941. The van der Waals surface area contributed by atoms with Crippen molar-refractivity contribution in [1.82, 2.24) is 15.5 Å². The lowest BCUT2D eigenvalue weighted by atomic mass is 9.96. The van der Waals surface area contributed by atoms with Gasteiger partial charge in [-0.05, 0) is 51.1 Å². The van der Waals surface area contributed by atoms with Gasteiger partial charge < -0.3 is 20.3 Å². The predicted molar refractivity (Wildman–Crippen MR) is 90.3 cm³/mol. The highest BCUT2D eigenvalue weighted by Gasteiger charge is 2.41. The molecule has 0 spiro atoms. The van der Waals surface area contributed by atoms with Gasteiger partial charge in [-0.2, -0.15) is 0 Å². The number of hydrogen-bond donors (Lipinski definition) is 2. The molecule has 3 aliphatic rings. The Bertz CT molecular complexity index is 381. The zero-order valence-corrected chi connectivity index (χ0v) is 14.2. The molecular formula is C17H32N4O. The SMILES string of the molecule is CN=C(NCC(C)CN1CCCCC1)NC1CC2CCC1O2. The highest BCUT2D eigenvalue weighted by atomic mass is 16.5. The normalized spacial score (nSPS) is 33.9. The molecule has 22 heavy (non-hydrogen) atoms. The molecular weight excluding hydrogens is 276 g/mol. The number of nitrogens with zero attached hydrogens (tertiary/aromatic N) is 2. The molecule has 5 nitrogen and oxygen atoms in total. The summed E-state index contributed by atoms with van der Waals surface area (Å²) in [7, 11) is 1.86. The summed E-state index contributed by atoms with van der Waals surface area (Å²) in [5.41, 5.74) is 0. The molecule has 0 aromatic carbocycles. The van der Waals surface area contributed by atoms with Crippen molar-refractivity contribution in [2.45, 2.75) is 63.7 Å². The van der Waals surface area contributed by atoms with Gasteiger partial charge in [-0.3, -0.25) is 4.99 Å². The van der Waals surface area contributed by atoms with E-state index in [1.807, 2.05) is 7.05 Å². The number of likely N-dealkylation sites (tertiary alicyclic amines) is 1. The highest BCUT2D eigenvalue weighted by Crippen LogP contribution is 2.34. The second-order valence-corrected chi connectivity index (χ2v) is 7.28. The monoisotopic (exact) mass is 308 g/mol. The van der Waals surface area contributed by atoms with E-state index in [9.17, 15) is 0 Å². The Morgan fingerprint density at radius 2 is 2.09 bits per heavy atom. The summed E-state index contributed by atoms with van der Waals surface area (Å²) in [6.07, 6.45) is 8.60. The first kappa shape index (κ1) is 16.1. The second kappa shape index (κ2) is 7.64. The topological polar surface area (TPSA) is 48.9 Å². The van der Waals surface area contributed by atoms with E-state index in [4.69, 9.17) is 4.74 Å². The van der Waals surface area contributed by atoms with Crippen molar-refractivity contribution in [1.29, 1.82) is 0 Å². The van der Waals surface area contributed by atoms with Gasteiger partial charge in [0.15, 0.2) is 5.96 Å². The highest BCUT2D eigenvalue weighted by molar-refractivity contribution is 5.80. The number of piperidine rings is 1. The van der Waals surface area contributed by atoms with Gasteiger partial charge in [-0.25, -0.2) is 0 Å². The van der Waals surface area contributed by atoms with Crippen LogP contribution < -0.4 is 10.6 Å². The Morgan fingerprint density at radius 1 is 1.27 bits per heavy atom. The minimum absolute atomic E-state index is 0.398. The summed E-state index contributed by atoms with van der Waals surface area (Å²) >= 11 is 0. The van der Waals surface area contributed by atoms with E-state index < -0.39 is 0 Å². The number of rotatable bonds is 5. The maximum Gasteiger partial charge on any atom is 0.191 e. The average molecular weight is 308 g/mol. The average Bonchev–Trinajstić information content (AvgIpc) is 3.15. The zero-order valence-electron chi connectivity index (χ0n) is 14.2. The van der Waals surface area contributed by atoms with Gasteiger partial charge in [0, 0.05) is 20.1 Å². The molecule has 3 rings (SSSR count). The molecule has 3 fully saturated rings. The smallest absolute Gasteiger partial charge is 0.191 e. The molecule has 4 atom stereocenters. The summed E-state index contributed by atoms with van der Waals surface area (Å²) in [5, 5.41) is 7.06. The second-order valence-electron chi connectivity index (χ2n) is 7.28. The van der Waals surface area contributed by atoms with Crippen LogP contribution in [0.1, 0.15) is 45.4 Å². The molecule has 2 bridgehead atoms. The number of aliphatic imine (C=N–C) groups is 1. The van der Waals surface area contributed by atoms with Crippen molar-refractivity contribution >= 4 is 5.96 Å². The minimum atomic E-state index is 0.398. The third-order valence-electron chi connectivity index (χ3n) is 5.29. The van der Waals surface area contributed by atoms with Crippen LogP contribution in [-0.4, -0.2) is 62.3 Å². The number of hydrogen-bond acceptors (Lipinski definition) is 3. The van der Waals surface area contributed by atoms with E-state index in [1.165, 1.54) is 51.7 Å². The molecule has 3 heterocycles. The maximum atomic E-state index is 5.90. The molecule has 0 aromatic rings. The van der Waals surface area contributed by atoms with Crippen LogP contribution in [0.2, 0.25) is 0 Å². The van der Waals surface area contributed by atoms with Gasteiger partial charge in [-0.1, -0.05) is 13.3 Å². The molecule has 4 unspecified atom stereocenters. The summed E-state index contributed by atoms with van der Waals surface area (Å²) in [5.74, 6) is 1.58. The van der Waals surface area contributed by atoms with Crippen LogP contribution in [-0.2, 0) is 4.74 Å². The lowest BCUT2D eigenvalue weighted by Crippen LogP contribution is -2.49. The van der Waals surface area contributed by atoms with Crippen molar-refractivity contribution < 1.29 is 4.74 Å². The Hall–Kier alpha value is -0.810. The standard InChI is InChI=1S/C17H32N4O/c1-13(12-21-8-4-3-5-9-21)11-19-17(18-2)20-15-10-14-6-7-16(15)22-14/h13-16H,3-12H2,1-2H3,(H2,18,19,20). The molecule has 0 saturated carbocycles. The maximum absolute atomic E-state index is 5.90. The zero-order chi connectivity index (χ0) is 15.4. The quantitative estimate of drug-likeness (QED) is 0.598. The van der Waals surface area contributed by atoms with Gasteiger partial charge in [0.1, 0.15) is 0 Å². The Labute approximate surface area is 134 Å². The van der Waals surface area contributed by atoms with Gasteiger partial charge in [0.2, 0.25) is 0 Å². The Balaban J connectivity index is 1.37. The van der Waals surface area contributed by atoms with Crippen LogP contribution in [0.5, 0.6) is 0 Å². The number of fused-ring (bicyclic) bond motifs is 2. The van der Waals surface area contributed by atoms with Crippen LogP contribution in [0.4, 0.5) is 0 Å². The first-order chi connectivity index (χ1) is 10.7. The van der Waals surface area contributed by atoms with Crippen molar-refractivity contribution in [3.63, 3.8) is 0 Å². The van der Waals surface area contributed by atoms with Gasteiger partial charge in [0.05, 0.1) is 18.2 Å². The van der Waals surface area contributed by atoms with Crippen LogP contribution in [0.15, 0.2) is 4.99 Å². The van der Waals surface area contributed by atoms with Crippen molar-refractivity contribution in [2.75, 3.05) is 33.2 Å². The van der Waals surface area contributed by atoms with E-state index in [-0.39, 0.29) is 0 Å². The molecule has 3 aliphatic heterocycles. The van der Waals surface area contributed by atoms with Crippen molar-refractivity contribution in [2.24, 2.45) is 10.9 Å². The Morgan fingerprint density at radius 3 is 2.73 bits per heavy atom. The van der Waals surface area contributed by atoms with E-state index >= 15 is 0 Å². The third kappa shape index (κ3) is 4.13. The molecule has 0 radical (unpaired) electrons. The van der Waals surface area contributed by atoms with Crippen LogP contribution in [0.3, 0.4) is 0 Å². The van der Waals surface area contributed by atoms with Gasteiger partial charge in [-0.15, -0.1) is 0 Å². The predicted octanol–water partition coefficient (Wildman–Crippen LogP) is 1.59. The van der Waals surface area contributed by atoms with E-state index in [0.29, 0.717) is 24.2 Å². The molecule has 3 saturated heterocycles. The van der Waals surface area contributed by atoms with E-state index in [1.54, 1.807) is 0 Å². The minimum Gasteiger partial charge on any atom is -0.373 e. The molecule has 5 heteroatoms. The lowest BCUT2D eigenvalue weighted by molar-refractivity contribution is 0.0992. The molecule has 0 amide bonds. The van der Waals surface area contributed by atoms with Crippen molar-refractivity contribution in [3.05, 3.63) is 0 Å². The van der Waals surface area contributed by atoms with Gasteiger partial charge in [0.25, 0.3) is 0 Å². The molecule has 0 aromatic heterocycles. The fourth-order valence-electron chi connectivity index (χ4n) is 4.08. The molecule has 126 valence electrons. The van der Waals surface area contributed by atoms with Crippen LogP contribution in [0, 0.1) is 5.92 Å². The summed E-state index contributed by atoms with van der Waals surface area (Å²) in [6.45, 7) is 7.06. The van der Waals surface area contributed by atoms with Crippen LogP contribution in [0.25, 0.3) is 0 Å². The summed E-state index contributed by atoms with van der Waals surface area (Å²) < 4.78 is 5.90. The first-order valence-electron chi connectivity index (χ1n) is 9.09. The largest absolute Gasteiger partial charge is 0.373 e. The van der Waals surface area contributed by atoms with Crippen LogP contribution >= 0.6 is 0 Å². The number of guanidine groups is 1. The Kier molecular flexibility index (Phi) is 5.58. The lowest BCUT2D eigenvalue weighted by Gasteiger charge is -2.29. The van der Waals surface area contributed by atoms with E-state index in [2.05, 4.69) is 27.4 Å². The summed E-state index contributed by atoms with van der Waals surface area (Å²) in [6, 6.07) is 0.447. The van der Waals surface area contributed by atoms with Crippen molar-refractivity contribution in [3.8, 4) is 0 Å². The molecule has 2 N–H and O–H groups in total. The summed E-state index contributed by atoms with van der Waals surface area (Å²) in [4.78, 5) is 6.99. The first-order valence-corrected chi connectivity index (χ1v) is 9.09. The van der Waals surface area contributed by atoms with E-state index in [0.717, 1.165) is 18.9 Å². The fourth-order valence-corrected chi connectivity index (χ4v) is 4.08. The third-order valence-corrected chi connectivity index (χ3v) is 5.29. The van der Waals surface area contributed by atoms with Gasteiger partial charge >= 0.3 is 0 Å². The number of nitrogens with one attached hydrogen (secondary N) is 2. The number of ether oxygens (including phenoxy) is 1. The molecule has 0 aliphatic carbocycles.